The number of nitrogens with zero attached hydrogens (tertiary/aromatic N) is 6. The molecule has 8 nitrogen and oxygen atoms in total. The fourth-order valence-corrected chi connectivity index (χ4v) is 3.04. The number of rotatable bonds is 4. The lowest BCUT2D eigenvalue weighted by molar-refractivity contribution is 0.419. The second-order valence-electron chi connectivity index (χ2n) is 5.67. The fraction of sp³-hybridized carbons (Fsp3) is 0.467. The van der Waals surface area contributed by atoms with Gasteiger partial charge < -0.3 is 18.4 Å². The van der Waals surface area contributed by atoms with Gasteiger partial charge in [0.15, 0.2) is 0 Å². The van der Waals surface area contributed by atoms with Crippen LogP contribution in [-0.2, 0) is 6.54 Å². The molecule has 1 aliphatic rings. The highest BCUT2D eigenvalue weighted by atomic mass is 16.5. The third-order valence-corrected chi connectivity index (χ3v) is 4.24. The summed E-state index contributed by atoms with van der Waals surface area (Å²) < 4.78 is 12.5. The average Bonchev–Trinajstić information content (AvgIpc) is 3.34. The van der Waals surface area contributed by atoms with E-state index in [9.17, 15) is 0 Å². The third kappa shape index (κ3) is 2.60. The second kappa shape index (κ2) is 5.86. The number of furan rings is 1. The van der Waals surface area contributed by atoms with Crippen LogP contribution in [0, 0.1) is 0 Å². The van der Waals surface area contributed by atoms with Gasteiger partial charge in [0.05, 0.1) is 11.8 Å². The van der Waals surface area contributed by atoms with Crippen molar-refractivity contribution in [2.75, 3.05) is 18.0 Å². The maximum atomic E-state index is 5.34. The lowest BCUT2D eigenvalue weighted by atomic mass is 9.97. The molecule has 3 aromatic heterocycles. The van der Waals surface area contributed by atoms with Gasteiger partial charge in [0.25, 0.3) is 11.8 Å². The Bertz CT molecular complexity index is 763. The van der Waals surface area contributed by atoms with Crippen molar-refractivity contribution in [3.05, 3.63) is 30.7 Å². The van der Waals surface area contributed by atoms with Gasteiger partial charge in [-0.3, -0.25) is 0 Å². The molecule has 0 radical (unpaired) electrons. The zero-order valence-electron chi connectivity index (χ0n) is 12.9. The molecule has 0 N–H and O–H groups in total. The van der Waals surface area contributed by atoms with E-state index in [1.54, 1.807) is 24.9 Å². The number of anilines is 1. The molecule has 4 rings (SSSR count). The number of hydrogen-bond acceptors (Lipinski definition) is 7. The van der Waals surface area contributed by atoms with Crippen molar-refractivity contribution in [3.8, 4) is 11.5 Å². The van der Waals surface area contributed by atoms with Gasteiger partial charge in [-0.25, -0.2) is 0 Å². The van der Waals surface area contributed by atoms with Crippen molar-refractivity contribution in [3.63, 3.8) is 0 Å². The zero-order valence-corrected chi connectivity index (χ0v) is 12.9. The molecule has 3 aromatic rings. The monoisotopic (exact) mass is 314 g/mol. The Hall–Kier alpha value is -2.64. The van der Waals surface area contributed by atoms with Crippen molar-refractivity contribution in [2.45, 2.75) is 32.2 Å². The van der Waals surface area contributed by atoms with Crippen LogP contribution in [0.4, 0.5) is 5.95 Å². The summed E-state index contributed by atoms with van der Waals surface area (Å²) in [4.78, 5) is 6.63. The summed E-state index contributed by atoms with van der Waals surface area (Å²) in [5.41, 5.74) is 0.794. The minimum atomic E-state index is 0.335. The van der Waals surface area contributed by atoms with Crippen LogP contribution < -0.4 is 4.90 Å². The smallest absolute Gasteiger partial charge is 0.266 e. The predicted molar refractivity (Wildman–Crippen MR) is 81.9 cm³/mol. The summed E-state index contributed by atoms with van der Waals surface area (Å²) in [7, 11) is 0. The molecular formula is C15H18N6O2. The molecule has 0 saturated carbocycles. The van der Waals surface area contributed by atoms with Gasteiger partial charge in [0.1, 0.15) is 18.4 Å². The van der Waals surface area contributed by atoms with E-state index in [1.807, 2.05) is 0 Å². The van der Waals surface area contributed by atoms with Gasteiger partial charge in [-0.1, -0.05) is 0 Å². The minimum absolute atomic E-state index is 0.335. The molecule has 1 fully saturated rings. The largest absolute Gasteiger partial charge is 0.472 e. The molecule has 23 heavy (non-hydrogen) atoms. The molecule has 8 heteroatoms. The number of piperidine rings is 1. The number of hydrogen-bond donors (Lipinski definition) is 0. The van der Waals surface area contributed by atoms with E-state index in [0.717, 1.165) is 43.9 Å². The van der Waals surface area contributed by atoms with E-state index in [4.69, 9.17) is 8.94 Å². The molecule has 0 unspecified atom stereocenters. The Balaban J connectivity index is 1.53. The minimum Gasteiger partial charge on any atom is -0.472 e. The Morgan fingerprint density at radius 1 is 1.39 bits per heavy atom. The first-order chi connectivity index (χ1) is 11.3. The quantitative estimate of drug-likeness (QED) is 0.730. The normalized spacial score (nSPS) is 18.5. The highest BCUT2D eigenvalue weighted by Crippen LogP contribution is 2.29. The zero-order chi connectivity index (χ0) is 15.6. The van der Waals surface area contributed by atoms with Crippen molar-refractivity contribution in [2.24, 2.45) is 0 Å². The van der Waals surface area contributed by atoms with Crippen molar-refractivity contribution in [1.82, 2.24) is 24.9 Å². The van der Waals surface area contributed by atoms with Gasteiger partial charge in [0, 0.05) is 25.6 Å². The van der Waals surface area contributed by atoms with Crippen LogP contribution >= 0.6 is 0 Å². The average molecular weight is 314 g/mol. The topological polar surface area (TPSA) is 86.0 Å². The standard InChI is InChI=1S/C15H18N6O2/c1-2-20-10-16-18-13(20)11-4-3-6-21(8-11)15-17-14(23-19-15)12-5-7-22-9-12/h5,7,9-11H,2-4,6,8H2,1H3/t11-/m0/s1. The Morgan fingerprint density at radius 2 is 2.35 bits per heavy atom. The molecule has 0 bridgehead atoms. The molecule has 0 spiro atoms. The number of aryl methyl sites for hydroxylation is 1. The van der Waals surface area contributed by atoms with Crippen LogP contribution in [0.5, 0.6) is 0 Å². The van der Waals surface area contributed by atoms with Crippen LogP contribution in [0.1, 0.15) is 31.5 Å². The van der Waals surface area contributed by atoms with Crippen molar-refractivity contribution in [1.29, 1.82) is 0 Å². The Kier molecular flexibility index (Phi) is 3.57. The van der Waals surface area contributed by atoms with E-state index in [1.165, 1.54) is 0 Å². The lowest BCUT2D eigenvalue weighted by Gasteiger charge is -2.31. The van der Waals surface area contributed by atoms with Gasteiger partial charge in [-0.2, -0.15) is 4.98 Å². The molecular weight excluding hydrogens is 296 g/mol. The first-order valence-electron chi connectivity index (χ1n) is 7.84. The summed E-state index contributed by atoms with van der Waals surface area (Å²) in [6.45, 7) is 4.72. The van der Waals surface area contributed by atoms with Gasteiger partial charge in [0.2, 0.25) is 0 Å². The van der Waals surface area contributed by atoms with Crippen molar-refractivity contribution >= 4 is 5.95 Å². The predicted octanol–water partition coefficient (Wildman–Crippen LogP) is 2.33. The van der Waals surface area contributed by atoms with E-state index >= 15 is 0 Å². The number of aromatic nitrogens is 5. The van der Waals surface area contributed by atoms with Crippen LogP contribution in [0.3, 0.4) is 0 Å². The molecule has 0 amide bonds. The van der Waals surface area contributed by atoms with E-state index in [-0.39, 0.29) is 0 Å². The first-order valence-corrected chi connectivity index (χ1v) is 7.84. The Morgan fingerprint density at radius 3 is 3.17 bits per heavy atom. The van der Waals surface area contributed by atoms with Crippen molar-refractivity contribution < 1.29 is 8.94 Å². The lowest BCUT2D eigenvalue weighted by Crippen LogP contribution is -2.36. The van der Waals surface area contributed by atoms with Crippen LogP contribution in [0.25, 0.3) is 11.5 Å². The highest BCUT2D eigenvalue weighted by Gasteiger charge is 2.27. The van der Waals surface area contributed by atoms with Crippen LogP contribution in [0.2, 0.25) is 0 Å². The highest BCUT2D eigenvalue weighted by molar-refractivity contribution is 5.52. The molecule has 4 heterocycles. The summed E-state index contributed by atoms with van der Waals surface area (Å²) in [6, 6.07) is 1.81. The van der Waals surface area contributed by atoms with E-state index in [2.05, 4.69) is 36.7 Å². The maximum absolute atomic E-state index is 5.34. The molecule has 1 saturated heterocycles. The van der Waals surface area contributed by atoms with Crippen LogP contribution in [0.15, 0.2) is 33.9 Å². The summed E-state index contributed by atoms with van der Waals surface area (Å²) in [6.07, 6.45) is 7.14. The van der Waals surface area contributed by atoms with Gasteiger partial charge in [-0.15, -0.1) is 10.2 Å². The molecule has 0 aromatic carbocycles. The molecule has 120 valence electrons. The fourth-order valence-electron chi connectivity index (χ4n) is 3.04. The van der Waals surface area contributed by atoms with Crippen LogP contribution in [-0.4, -0.2) is 38.0 Å². The van der Waals surface area contributed by atoms with E-state index in [0.29, 0.717) is 17.8 Å². The summed E-state index contributed by atoms with van der Waals surface area (Å²) >= 11 is 0. The summed E-state index contributed by atoms with van der Waals surface area (Å²) in [5.74, 6) is 2.47. The Labute approximate surface area is 133 Å². The maximum Gasteiger partial charge on any atom is 0.266 e. The molecule has 1 atom stereocenters. The SMILES string of the molecule is CCn1cnnc1[C@H]1CCCN(c2noc(-c3ccoc3)n2)C1. The molecule has 1 aliphatic heterocycles. The second-order valence-corrected chi connectivity index (χ2v) is 5.67. The first kappa shape index (κ1) is 14.0. The van der Waals surface area contributed by atoms with Gasteiger partial charge >= 0.3 is 0 Å². The summed E-state index contributed by atoms with van der Waals surface area (Å²) in [5, 5.41) is 12.4. The molecule has 0 aliphatic carbocycles. The van der Waals surface area contributed by atoms with Gasteiger partial charge in [-0.05, 0) is 31.0 Å². The van der Waals surface area contributed by atoms with E-state index < -0.39 is 0 Å². The third-order valence-electron chi connectivity index (χ3n) is 4.24.